The molecule has 0 saturated carbocycles. The second kappa shape index (κ2) is 8.24. The Labute approximate surface area is 123 Å². The smallest absolute Gasteiger partial charge is 0.315 e. The van der Waals surface area contributed by atoms with Crippen LogP contribution in [0.2, 0.25) is 0 Å². The van der Waals surface area contributed by atoms with Crippen LogP contribution in [0.4, 0.5) is 4.79 Å². The van der Waals surface area contributed by atoms with Crippen LogP contribution in [0.25, 0.3) is 0 Å². The van der Waals surface area contributed by atoms with Crippen molar-refractivity contribution in [2.24, 2.45) is 5.41 Å². The van der Waals surface area contributed by atoms with E-state index in [1.165, 1.54) is 0 Å². The van der Waals surface area contributed by atoms with Crippen LogP contribution in [0.5, 0.6) is 0 Å². The molecule has 0 rings (SSSR count). The predicted octanol–water partition coefficient (Wildman–Crippen LogP) is 1.33. The van der Waals surface area contributed by atoms with E-state index in [0.717, 1.165) is 0 Å². The first kappa shape index (κ1) is 18.9. The molecule has 3 atom stereocenters. The van der Waals surface area contributed by atoms with Gasteiger partial charge in [0.2, 0.25) is 0 Å². The molecule has 0 radical (unpaired) electrons. The molecule has 3 unspecified atom stereocenters. The minimum atomic E-state index is -0.944. The molecule has 3 N–H and O–H groups in total. The summed E-state index contributed by atoms with van der Waals surface area (Å²) in [7, 11) is -0.907. The molecule has 0 fully saturated rings. The highest BCUT2D eigenvalue weighted by molar-refractivity contribution is 7.84. The molecule has 0 aromatic carbocycles. The minimum Gasteiger partial charge on any atom is -0.481 e. The SMILES string of the molecule is CC(CCNC(=O)NC(CC(=O)O)C(C)(C)C)S(C)=O. The van der Waals surface area contributed by atoms with Crippen molar-refractivity contribution in [2.45, 2.75) is 51.8 Å². The van der Waals surface area contributed by atoms with E-state index in [2.05, 4.69) is 10.6 Å². The molecule has 0 bridgehead atoms. The largest absolute Gasteiger partial charge is 0.481 e. The summed E-state index contributed by atoms with van der Waals surface area (Å²) in [5, 5.41) is 14.2. The summed E-state index contributed by atoms with van der Waals surface area (Å²) in [6.07, 6.45) is 2.13. The number of carbonyl (C=O) groups is 2. The van der Waals surface area contributed by atoms with Crippen molar-refractivity contribution in [3.8, 4) is 0 Å². The van der Waals surface area contributed by atoms with E-state index in [9.17, 15) is 13.8 Å². The van der Waals surface area contributed by atoms with Gasteiger partial charge in [-0.1, -0.05) is 27.7 Å². The molecule has 0 aliphatic heterocycles. The van der Waals surface area contributed by atoms with Crippen molar-refractivity contribution in [2.75, 3.05) is 12.8 Å². The first-order chi connectivity index (χ1) is 9.04. The highest BCUT2D eigenvalue weighted by atomic mass is 32.2. The normalized spacial score (nSPS) is 16.1. The fourth-order valence-corrected chi connectivity index (χ4v) is 1.96. The zero-order valence-corrected chi connectivity index (χ0v) is 13.7. The zero-order valence-electron chi connectivity index (χ0n) is 12.9. The first-order valence-electron chi connectivity index (χ1n) is 6.62. The number of hydrogen-bond donors (Lipinski definition) is 3. The second-order valence-corrected chi connectivity index (χ2v) is 7.82. The van der Waals surface area contributed by atoms with Crippen LogP contribution >= 0.6 is 0 Å². The maximum absolute atomic E-state index is 11.7. The molecule has 0 aliphatic rings. The molecule has 118 valence electrons. The Morgan fingerprint density at radius 1 is 1.30 bits per heavy atom. The molecule has 20 heavy (non-hydrogen) atoms. The third-order valence-electron chi connectivity index (χ3n) is 3.13. The van der Waals surface area contributed by atoms with E-state index >= 15 is 0 Å². The highest BCUT2D eigenvalue weighted by Gasteiger charge is 2.28. The van der Waals surface area contributed by atoms with Crippen LogP contribution in [0.3, 0.4) is 0 Å². The van der Waals surface area contributed by atoms with Crippen molar-refractivity contribution in [1.82, 2.24) is 10.6 Å². The van der Waals surface area contributed by atoms with E-state index in [4.69, 9.17) is 5.11 Å². The van der Waals surface area contributed by atoms with Gasteiger partial charge in [0.1, 0.15) is 0 Å². The van der Waals surface area contributed by atoms with Gasteiger partial charge in [-0.15, -0.1) is 0 Å². The highest BCUT2D eigenvalue weighted by Crippen LogP contribution is 2.21. The quantitative estimate of drug-likeness (QED) is 0.661. The van der Waals surface area contributed by atoms with Gasteiger partial charge in [0.25, 0.3) is 0 Å². The topological polar surface area (TPSA) is 95.5 Å². The van der Waals surface area contributed by atoms with Crippen LogP contribution < -0.4 is 10.6 Å². The molecule has 0 spiro atoms. The van der Waals surface area contributed by atoms with Crippen LogP contribution in [0, 0.1) is 5.41 Å². The Balaban J connectivity index is 4.27. The Morgan fingerprint density at radius 2 is 1.85 bits per heavy atom. The van der Waals surface area contributed by atoms with E-state index in [0.29, 0.717) is 13.0 Å². The molecule has 0 aromatic rings. The number of carbonyl (C=O) groups excluding carboxylic acids is 1. The fraction of sp³-hybridized carbons (Fsp3) is 0.846. The lowest BCUT2D eigenvalue weighted by molar-refractivity contribution is -0.138. The van der Waals surface area contributed by atoms with Gasteiger partial charge in [0.05, 0.1) is 6.42 Å². The average molecular weight is 306 g/mol. The Bertz CT molecular complexity index is 366. The molecule has 2 amide bonds. The van der Waals surface area contributed by atoms with Gasteiger partial charge in [0.15, 0.2) is 0 Å². The summed E-state index contributed by atoms with van der Waals surface area (Å²) in [5.74, 6) is -0.944. The number of amides is 2. The predicted molar refractivity (Wildman–Crippen MR) is 80.2 cm³/mol. The van der Waals surface area contributed by atoms with Crippen molar-refractivity contribution in [3.63, 3.8) is 0 Å². The molecule has 6 nitrogen and oxygen atoms in total. The number of rotatable bonds is 7. The van der Waals surface area contributed by atoms with Crippen molar-refractivity contribution in [1.29, 1.82) is 0 Å². The third-order valence-corrected chi connectivity index (χ3v) is 4.50. The molecular formula is C13H26N2O4S. The third kappa shape index (κ3) is 8.14. The van der Waals surface area contributed by atoms with Crippen LogP contribution in [-0.2, 0) is 15.6 Å². The number of carboxylic acids is 1. The second-order valence-electron chi connectivity index (χ2n) is 6.01. The van der Waals surface area contributed by atoms with E-state index < -0.39 is 22.8 Å². The van der Waals surface area contributed by atoms with E-state index in [1.807, 2.05) is 27.7 Å². The number of urea groups is 1. The summed E-state index contributed by atoms with van der Waals surface area (Å²) in [6, 6.07) is -0.835. The van der Waals surface area contributed by atoms with Crippen LogP contribution in [0.1, 0.15) is 40.5 Å². The standard InChI is InChI=1S/C13H26N2O4S/c1-9(20(5)19)6-7-14-12(18)15-10(8-11(16)17)13(2,3)4/h9-10H,6-8H2,1-5H3,(H,16,17)(H2,14,15,18). The van der Waals surface area contributed by atoms with Gasteiger partial charge >= 0.3 is 12.0 Å². The molecule has 0 heterocycles. The minimum absolute atomic E-state index is 0.0210. The monoisotopic (exact) mass is 306 g/mol. The van der Waals surface area contributed by atoms with E-state index in [-0.39, 0.29) is 23.1 Å². The lowest BCUT2D eigenvalue weighted by Crippen LogP contribution is -2.49. The van der Waals surface area contributed by atoms with Crippen molar-refractivity contribution >= 4 is 22.8 Å². The summed E-state index contributed by atoms with van der Waals surface area (Å²) in [5.41, 5.74) is -0.339. The zero-order chi connectivity index (χ0) is 15.9. The van der Waals surface area contributed by atoms with Gasteiger partial charge < -0.3 is 15.7 Å². The van der Waals surface area contributed by atoms with Crippen molar-refractivity contribution < 1.29 is 18.9 Å². The van der Waals surface area contributed by atoms with Gasteiger partial charge in [-0.2, -0.15) is 0 Å². The number of nitrogens with one attached hydrogen (secondary N) is 2. The molecule has 0 aliphatic carbocycles. The Hall–Kier alpha value is -1.11. The summed E-state index contributed by atoms with van der Waals surface area (Å²) in [4.78, 5) is 22.6. The lowest BCUT2D eigenvalue weighted by Gasteiger charge is -2.30. The summed E-state index contributed by atoms with van der Waals surface area (Å²) in [6.45, 7) is 7.91. The number of aliphatic carboxylic acids is 1. The van der Waals surface area contributed by atoms with Gasteiger partial charge in [0, 0.05) is 34.9 Å². The van der Waals surface area contributed by atoms with Crippen LogP contribution in [-0.4, -0.2) is 45.4 Å². The average Bonchev–Trinajstić information content (AvgIpc) is 2.25. The molecule has 0 aromatic heterocycles. The molecule has 7 heteroatoms. The van der Waals surface area contributed by atoms with Crippen molar-refractivity contribution in [3.05, 3.63) is 0 Å². The molecule has 0 saturated heterocycles. The summed E-state index contributed by atoms with van der Waals surface area (Å²) >= 11 is 0. The molecular weight excluding hydrogens is 280 g/mol. The Morgan fingerprint density at radius 3 is 2.25 bits per heavy atom. The van der Waals surface area contributed by atoms with Gasteiger partial charge in [-0.25, -0.2) is 4.79 Å². The summed E-state index contributed by atoms with van der Waals surface area (Å²) < 4.78 is 11.2. The Kier molecular flexibility index (Phi) is 7.78. The maximum atomic E-state index is 11.7. The number of hydrogen-bond acceptors (Lipinski definition) is 3. The lowest BCUT2D eigenvalue weighted by atomic mass is 9.85. The maximum Gasteiger partial charge on any atom is 0.315 e. The van der Waals surface area contributed by atoms with E-state index in [1.54, 1.807) is 6.26 Å². The van der Waals surface area contributed by atoms with Gasteiger partial charge in [-0.3, -0.25) is 9.00 Å². The fourth-order valence-electron chi connectivity index (χ4n) is 1.51. The van der Waals surface area contributed by atoms with Crippen LogP contribution in [0.15, 0.2) is 0 Å². The number of carboxylic acid groups (broad SMARTS) is 1. The van der Waals surface area contributed by atoms with Gasteiger partial charge in [-0.05, 0) is 11.8 Å². The first-order valence-corrected chi connectivity index (χ1v) is 8.24.